The first kappa shape index (κ1) is 13.5. The number of aliphatic hydroxyl groups excluding tert-OH is 1. The van der Waals surface area contributed by atoms with Crippen molar-refractivity contribution in [1.82, 2.24) is 0 Å². The zero-order valence-corrected chi connectivity index (χ0v) is 9.57. The molecule has 0 amide bonds. The van der Waals surface area contributed by atoms with E-state index in [1.165, 1.54) is 11.3 Å². The van der Waals surface area contributed by atoms with Crippen molar-refractivity contribution in [3.8, 4) is 0 Å². The molecule has 92 valence electrons. The Morgan fingerprint density at radius 3 is 2.62 bits per heavy atom. The van der Waals surface area contributed by atoms with Crippen LogP contribution in [0.1, 0.15) is 22.3 Å². The Kier molecular flexibility index (Phi) is 4.76. The molecule has 0 fully saturated rings. The highest BCUT2D eigenvalue weighted by Gasteiger charge is 2.27. The van der Waals surface area contributed by atoms with E-state index >= 15 is 0 Å². The summed E-state index contributed by atoms with van der Waals surface area (Å²) in [7, 11) is 0. The van der Waals surface area contributed by atoms with E-state index in [1.54, 1.807) is 6.07 Å². The molecule has 0 aliphatic heterocycles. The van der Waals surface area contributed by atoms with Gasteiger partial charge in [0.25, 0.3) is 0 Å². The number of aliphatic hydroxyl groups is 1. The Morgan fingerprint density at radius 1 is 1.44 bits per heavy atom. The minimum atomic E-state index is -4.30. The van der Waals surface area contributed by atoms with Crippen LogP contribution in [0, 0.1) is 6.92 Å². The third-order valence-corrected chi connectivity index (χ3v) is 2.99. The fraction of sp³-hybridized carbons (Fsp3) is 0.600. The molecule has 1 aromatic rings. The second-order valence-electron chi connectivity index (χ2n) is 3.42. The van der Waals surface area contributed by atoms with Gasteiger partial charge in [0.15, 0.2) is 0 Å². The highest BCUT2D eigenvalue weighted by Crippen LogP contribution is 2.25. The molecule has 1 unspecified atom stereocenters. The summed E-state index contributed by atoms with van der Waals surface area (Å²) in [6, 6.07) is 3.63. The fourth-order valence-electron chi connectivity index (χ4n) is 1.16. The van der Waals surface area contributed by atoms with Crippen LogP contribution in [0.4, 0.5) is 13.2 Å². The van der Waals surface area contributed by atoms with Crippen LogP contribution < -0.4 is 0 Å². The van der Waals surface area contributed by atoms with Gasteiger partial charge in [0.1, 0.15) is 6.61 Å². The molecule has 1 atom stereocenters. The average Bonchev–Trinajstić information content (AvgIpc) is 2.57. The van der Waals surface area contributed by atoms with Gasteiger partial charge in [-0.1, -0.05) is 0 Å². The maximum absolute atomic E-state index is 11.7. The zero-order chi connectivity index (χ0) is 12.2. The van der Waals surface area contributed by atoms with E-state index in [4.69, 9.17) is 0 Å². The van der Waals surface area contributed by atoms with E-state index in [2.05, 4.69) is 4.74 Å². The molecule has 0 bridgehead atoms. The van der Waals surface area contributed by atoms with Gasteiger partial charge in [0.2, 0.25) is 0 Å². The molecule has 2 nitrogen and oxygen atoms in total. The lowest BCUT2D eigenvalue weighted by Gasteiger charge is -2.10. The second kappa shape index (κ2) is 5.65. The number of ether oxygens (including phenoxy) is 1. The molecule has 0 saturated carbocycles. The van der Waals surface area contributed by atoms with Gasteiger partial charge in [-0.2, -0.15) is 13.2 Å². The summed E-state index contributed by atoms with van der Waals surface area (Å²) in [6.45, 7) is 0.544. The van der Waals surface area contributed by atoms with E-state index in [0.29, 0.717) is 0 Å². The van der Waals surface area contributed by atoms with E-state index in [1.807, 2.05) is 13.0 Å². The van der Waals surface area contributed by atoms with Gasteiger partial charge in [0.05, 0.1) is 6.10 Å². The van der Waals surface area contributed by atoms with Crippen molar-refractivity contribution in [3.63, 3.8) is 0 Å². The molecule has 1 heterocycles. The maximum atomic E-state index is 11.7. The SMILES string of the molecule is Cc1ccc(C(O)CCOCC(F)(F)F)s1. The first-order valence-corrected chi connectivity index (χ1v) is 5.59. The molecular weight excluding hydrogens is 241 g/mol. The van der Waals surface area contributed by atoms with Crippen molar-refractivity contribution in [3.05, 3.63) is 21.9 Å². The third kappa shape index (κ3) is 4.96. The van der Waals surface area contributed by atoms with Crippen molar-refractivity contribution in [2.24, 2.45) is 0 Å². The van der Waals surface area contributed by atoms with Gasteiger partial charge in [-0.15, -0.1) is 11.3 Å². The Hall–Kier alpha value is -0.590. The molecule has 16 heavy (non-hydrogen) atoms. The summed E-state index contributed by atoms with van der Waals surface area (Å²) in [5.41, 5.74) is 0. The lowest BCUT2D eigenvalue weighted by atomic mass is 10.2. The highest BCUT2D eigenvalue weighted by molar-refractivity contribution is 7.11. The average molecular weight is 254 g/mol. The van der Waals surface area contributed by atoms with Gasteiger partial charge >= 0.3 is 6.18 Å². The molecule has 0 spiro atoms. The highest BCUT2D eigenvalue weighted by atomic mass is 32.1. The van der Waals surface area contributed by atoms with Crippen LogP contribution in [0.25, 0.3) is 0 Å². The van der Waals surface area contributed by atoms with E-state index in [-0.39, 0.29) is 13.0 Å². The molecule has 0 aromatic carbocycles. The Balaban J connectivity index is 2.23. The predicted molar refractivity (Wildman–Crippen MR) is 55.5 cm³/mol. The normalized spacial score (nSPS) is 14.1. The Morgan fingerprint density at radius 2 is 2.12 bits per heavy atom. The number of hydrogen-bond donors (Lipinski definition) is 1. The molecule has 0 aliphatic carbocycles. The molecule has 6 heteroatoms. The topological polar surface area (TPSA) is 29.5 Å². The van der Waals surface area contributed by atoms with Crippen LogP contribution in [-0.2, 0) is 4.74 Å². The molecule has 0 saturated heterocycles. The Labute approximate surface area is 95.7 Å². The molecular formula is C10H13F3O2S. The standard InChI is InChI=1S/C10H13F3O2S/c1-7-2-3-9(16-7)8(14)4-5-15-6-10(11,12)13/h2-3,8,14H,4-6H2,1H3. The van der Waals surface area contributed by atoms with Gasteiger partial charge in [0, 0.05) is 22.8 Å². The first-order chi connectivity index (χ1) is 7.38. The largest absolute Gasteiger partial charge is 0.411 e. The summed E-state index contributed by atoms with van der Waals surface area (Å²) in [4.78, 5) is 1.82. The van der Waals surface area contributed by atoms with Crippen LogP contribution in [0.5, 0.6) is 0 Å². The quantitative estimate of drug-likeness (QED) is 0.818. The zero-order valence-electron chi connectivity index (χ0n) is 8.75. The monoisotopic (exact) mass is 254 g/mol. The summed E-state index contributed by atoms with van der Waals surface area (Å²) < 4.78 is 39.6. The lowest BCUT2D eigenvalue weighted by molar-refractivity contribution is -0.175. The van der Waals surface area contributed by atoms with Gasteiger partial charge < -0.3 is 9.84 Å². The Bertz CT molecular complexity index is 322. The summed E-state index contributed by atoms with van der Waals surface area (Å²) >= 11 is 1.43. The third-order valence-electron chi connectivity index (χ3n) is 1.89. The number of hydrogen-bond acceptors (Lipinski definition) is 3. The number of rotatable bonds is 5. The number of halogens is 3. The molecule has 0 radical (unpaired) electrons. The smallest absolute Gasteiger partial charge is 0.387 e. The molecule has 1 aromatic heterocycles. The van der Waals surface area contributed by atoms with Gasteiger partial charge in [-0.25, -0.2) is 0 Å². The van der Waals surface area contributed by atoms with Gasteiger partial charge in [-0.3, -0.25) is 0 Å². The molecule has 1 N–H and O–H groups in total. The summed E-state index contributed by atoms with van der Waals surface area (Å²) in [6.07, 6.45) is -4.87. The number of thiophene rings is 1. The summed E-state index contributed by atoms with van der Waals surface area (Å²) in [5.74, 6) is 0. The van der Waals surface area contributed by atoms with Gasteiger partial charge in [-0.05, 0) is 19.1 Å². The second-order valence-corrected chi connectivity index (χ2v) is 4.74. The van der Waals surface area contributed by atoms with Crippen molar-refractivity contribution < 1.29 is 23.0 Å². The van der Waals surface area contributed by atoms with Crippen LogP contribution >= 0.6 is 11.3 Å². The minimum absolute atomic E-state index is 0.0996. The number of aryl methyl sites for hydroxylation is 1. The number of alkyl halides is 3. The van der Waals surface area contributed by atoms with E-state index in [0.717, 1.165) is 9.75 Å². The minimum Gasteiger partial charge on any atom is -0.387 e. The van der Waals surface area contributed by atoms with Crippen molar-refractivity contribution in [2.45, 2.75) is 25.6 Å². The van der Waals surface area contributed by atoms with E-state index < -0.39 is 18.9 Å². The van der Waals surface area contributed by atoms with Crippen molar-refractivity contribution >= 4 is 11.3 Å². The van der Waals surface area contributed by atoms with Crippen molar-refractivity contribution in [2.75, 3.05) is 13.2 Å². The van der Waals surface area contributed by atoms with Crippen LogP contribution in [0.3, 0.4) is 0 Å². The fourth-order valence-corrected chi connectivity index (χ4v) is 2.06. The molecule has 0 aliphatic rings. The lowest BCUT2D eigenvalue weighted by Crippen LogP contribution is -2.18. The summed E-state index contributed by atoms with van der Waals surface area (Å²) in [5, 5.41) is 9.61. The van der Waals surface area contributed by atoms with Crippen LogP contribution in [0.2, 0.25) is 0 Å². The maximum Gasteiger partial charge on any atom is 0.411 e. The van der Waals surface area contributed by atoms with E-state index in [9.17, 15) is 18.3 Å². The van der Waals surface area contributed by atoms with Crippen molar-refractivity contribution in [1.29, 1.82) is 0 Å². The van der Waals surface area contributed by atoms with Crippen LogP contribution in [-0.4, -0.2) is 24.5 Å². The first-order valence-electron chi connectivity index (χ1n) is 4.77. The molecule has 1 rings (SSSR count). The van der Waals surface area contributed by atoms with Crippen LogP contribution in [0.15, 0.2) is 12.1 Å². The predicted octanol–water partition coefficient (Wildman–Crippen LogP) is 3.06.